The molecule has 0 saturated carbocycles. The Kier molecular flexibility index (Phi) is 3.73. The lowest BCUT2D eigenvalue weighted by Crippen LogP contribution is -2.14. The summed E-state index contributed by atoms with van der Waals surface area (Å²) in [6.45, 7) is 1.63. The third kappa shape index (κ3) is 2.94. The number of carboxylic acids is 1. The zero-order chi connectivity index (χ0) is 14.9. The molecule has 0 amide bonds. The van der Waals surface area contributed by atoms with E-state index in [2.05, 4.69) is 9.71 Å². The fourth-order valence-corrected chi connectivity index (χ4v) is 3.63. The van der Waals surface area contributed by atoms with Gasteiger partial charge in [0, 0.05) is 0 Å². The lowest BCUT2D eigenvalue weighted by Gasteiger charge is -2.09. The summed E-state index contributed by atoms with van der Waals surface area (Å²) >= 11 is 0.930. The van der Waals surface area contributed by atoms with Gasteiger partial charge in [0.1, 0.15) is 5.82 Å². The van der Waals surface area contributed by atoms with E-state index in [-0.39, 0.29) is 15.5 Å². The molecule has 0 spiro atoms. The minimum atomic E-state index is -3.99. The van der Waals surface area contributed by atoms with Gasteiger partial charge in [-0.1, -0.05) is 0 Å². The first kappa shape index (κ1) is 14.4. The molecule has 1 aromatic carbocycles. The highest BCUT2D eigenvalue weighted by Crippen LogP contribution is 2.24. The Hall–Kier alpha value is -2.00. The molecule has 1 aromatic heterocycles. The van der Waals surface area contributed by atoms with Crippen molar-refractivity contribution in [2.24, 2.45) is 0 Å². The van der Waals surface area contributed by atoms with Gasteiger partial charge >= 0.3 is 5.97 Å². The second-order valence-corrected chi connectivity index (χ2v) is 6.94. The van der Waals surface area contributed by atoms with Gasteiger partial charge in [0.25, 0.3) is 10.0 Å². The summed E-state index contributed by atoms with van der Waals surface area (Å²) in [5.41, 5.74) is -0.667. The van der Waals surface area contributed by atoms with E-state index in [1.807, 2.05) is 0 Å². The predicted molar refractivity (Wildman–Crippen MR) is 71.0 cm³/mol. The number of halogens is 1. The second-order valence-electron chi connectivity index (χ2n) is 3.80. The van der Waals surface area contributed by atoms with E-state index in [0.29, 0.717) is 5.01 Å². The number of anilines is 1. The Balaban J connectivity index is 2.44. The maximum Gasteiger partial charge on any atom is 0.337 e. The van der Waals surface area contributed by atoms with Gasteiger partial charge in [0.05, 0.1) is 22.5 Å². The van der Waals surface area contributed by atoms with Gasteiger partial charge in [-0.05, 0) is 25.1 Å². The molecular formula is C11H9FN2O4S2. The molecule has 106 valence electrons. The summed E-state index contributed by atoms with van der Waals surface area (Å²) in [4.78, 5) is 14.8. The van der Waals surface area contributed by atoms with Crippen molar-refractivity contribution in [2.45, 2.75) is 11.1 Å². The molecule has 0 aliphatic rings. The SMILES string of the molecule is Cc1ncc(S(=O)(=O)Nc2cc(F)ccc2C(=O)O)s1. The number of aromatic nitrogens is 1. The van der Waals surface area contributed by atoms with E-state index >= 15 is 0 Å². The van der Waals surface area contributed by atoms with Gasteiger partial charge < -0.3 is 5.11 Å². The van der Waals surface area contributed by atoms with Crippen LogP contribution in [0.1, 0.15) is 15.4 Å². The van der Waals surface area contributed by atoms with Crippen LogP contribution in [0.2, 0.25) is 0 Å². The number of hydrogen-bond donors (Lipinski definition) is 2. The first-order valence-electron chi connectivity index (χ1n) is 5.28. The van der Waals surface area contributed by atoms with E-state index in [4.69, 9.17) is 5.11 Å². The van der Waals surface area contributed by atoms with Crippen molar-refractivity contribution in [3.63, 3.8) is 0 Å². The van der Waals surface area contributed by atoms with Crippen LogP contribution in [-0.4, -0.2) is 24.5 Å². The third-order valence-corrected chi connectivity index (χ3v) is 5.06. The van der Waals surface area contributed by atoms with Crippen LogP contribution in [0.4, 0.5) is 10.1 Å². The number of sulfonamides is 1. The van der Waals surface area contributed by atoms with E-state index in [1.165, 1.54) is 0 Å². The predicted octanol–water partition coefficient (Wildman–Crippen LogP) is 2.09. The molecule has 0 saturated heterocycles. The number of rotatable bonds is 4. The minimum Gasteiger partial charge on any atom is -0.478 e. The molecule has 2 aromatic rings. The summed E-state index contributed by atoms with van der Waals surface area (Å²) in [6.07, 6.45) is 1.15. The Morgan fingerprint density at radius 3 is 2.70 bits per heavy atom. The van der Waals surface area contributed by atoms with Crippen LogP contribution in [0.5, 0.6) is 0 Å². The van der Waals surface area contributed by atoms with Crippen LogP contribution < -0.4 is 4.72 Å². The number of hydrogen-bond acceptors (Lipinski definition) is 5. The number of carbonyl (C=O) groups is 1. The molecule has 0 unspecified atom stereocenters. The van der Waals surface area contributed by atoms with Gasteiger partial charge in [-0.3, -0.25) is 4.72 Å². The van der Waals surface area contributed by atoms with Gasteiger partial charge in [0.2, 0.25) is 0 Å². The average Bonchev–Trinajstić information content (AvgIpc) is 2.75. The zero-order valence-electron chi connectivity index (χ0n) is 10.1. The summed E-state index contributed by atoms with van der Waals surface area (Å²) in [7, 11) is -3.99. The van der Waals surface area contributed by atoms with Gasteiger partial charge in [0.15, 0.2) is 4.21 Å². The fraction of sp³-hybridized carbons (Fsp3) is 0.0909. The maximum atomic E-state index is 13.2. The van der Waals surface area contributed by atoms with Gasteiger partial charge in [-0.2, -0.15) is 0 Å². The Morgan fingerprint density at radius 2 is 2.15 bits per heavy atom. The number of carboxylic acid groups (broad SMARTS) is 1. The lowest BCUT2D eigenvalue weighted by atomic mass is 10.2. The van der Waals surface area contributed by atoms with Crippen LogP contribution in [0.3, 0.4) is 0 Å². The molecule has 6 nitrogen and oxygen atoms in total. The normalized spacial score (nSPS) is 11.3. The molecule has 0 aliphatic heterocycles. The van der Waals surface area contributed by atoms with Crippen molar-refractivity contribution in [3.05, 3.63) is 40.8 Å². The molecular weight excluding hydrogens is 307 g/mol. The number of thiazole rings is 1. The van der Waals surface area contributed by atoms with Crippen LogP contribution >= 0.6 is 11.3 Å². The lowest BCUT2D eigenvalue weighted by molar-refractivity contribution is 0.0698. The monoisotopic (exact) mass is 316 g/mol. The summed E-state index contributed by atoms with van der Waals surface area (Å²) in [5, 5.41) is 9.51. The van der Waals surface area contributed by atoms with Crippen molar-refractivity contribution in [2.75, 3.05) is 4.72 Å². The molecule has 0 atom stereocenters. The number of benzene rings is 1. The molecule has 0 aliphatic carbocycles. The molecule has 1 heterocycles. The topological polar surface area (TPSA) is 96.4 Å². The average molecular weight is 316 g/mol. The van der Waals surface area contributed by atoms with Crippen molar-refractivity contribution in [1.82, 2.24) is 4.98 Å². The van der Waals surface area contributed by atoms with Crippen LogP contribution in [0.25, 0.3) is 0 Å². The van der Waals surface area contributed by atoms with Crippen molar-refractivity contribution >= 4 is 33.0 Å². The van der Waals surface area contributed by atoms with Crippen LogP contribution in [0.15, 0.2) is 28.6 Å². The zero-order valence-corrected chi connectivity index (χ0v) is 11.8. The fourth-order valence-electron chi connectivity index (χ4n) is 1.45. The van der Waals surface area contributed by atoms with Gasteiger partial charge in [-0.25, -0.2) is 22.6 Å². The highest BCUT2D eigenvalue weighted by atomic mass is 32.2. The Morgan fingerprint density at radius 1 is 1.45 bits per heavy atom. The molecule has 20 heavy (non-hydrogen) atoms. The molecule has 2 rings (SSSR count). The van der Waals surface area contributed by atoms with E-state index in [1.54, 1.807) is 6.92 Å². The van der Waals surface area contributed by atoms with Gasteiger partial charge in [-0.15, -0.1) is 11.3 Å². The van der Waals surface area contributed by atoms with Crippen molar-refractivity contribution in [1.29, 1.82) is 0 Å². The number of nitrogens with one attached hydrogen (secondary N) is 1. The van der Waals surface area contributed by atoms with Crippen LogP contribution in [0, 0.1) is 12.7 Å². The summed E-state index contributed by atoms with van der Waals surface area (Å²) in [6, 6.07) is 2.75. The number of aryl methyl sites for hydroxylation is 1. The van der Waals surface area contributed by atoms with Crippen molar-refractivity contribution in [3.8, 4) is 0 Å². The van der Waals surface area contributed by atoms with E-state index in [0.717, 1.165) is 35.7 Å². The molecule has 9 heteroatoms. The summed E-state index contributed by atoms with van der Waals surface area (Å²) < 4.78 is 39.2. The first-order chi connectivity index (χ1) is 9.29. The Labute approximate surface area is 118 Å². The Bertz CT molecular complexity index is 770. The molecule has 0 fully saturated rings. The van der Waals surface area contributed by atoms with Crippen molar-refractivity contribution < 1.29 is 22.7 Å². The number of nitrogens with zero attached hydrogens (tertiary/aromatic N) is 1. The smallest absolute Gasteiger partial charge is 0.337 e. The standard InChI is InChI=1S/C11H9FN2O4S2/c1-6-13-5-10(19-6)20(17,18)14-9-4-7(12)2-3-8(9)11(15)16/h2-5,14H,1H3,(H,15,16). The highest BCUT2D eigenvalue weighted by molar-refractivity contribution is 7.94. The third-order valence-electron chi connectivity index (χ3n) is 2.32. The quantitative estimate of drug-likeness (QED) is 0.900. The second kappa shape index (κ2) is 5.17. The summed E-state index contributed by atoms with van der Waals surface area (Å²) in [5.74, 6) is -2.10. The first-order valence-corrected chi connectivity index (χ1v) is 7.57. The maximum absolute atomic E-state index is 13.2. The molecule has 0 bridgehead atoms. The minimum absolute atomic E-state index is 0.0735. The van der Waals surface area contributed by atoms with E-state index < -0.39 is 21.8 Å². The largest absolute Gasteiger partial charge is 0.478 e. The van der Waals surface area contributed by atoms with Crippen LogP contribution in [-0.2, 0) is 10.0 Å². The van der Waals surface area contributed by atoms with E-state index in [9.17, 15) is 17.6 Å². The number of aromatic carboxylic acids is 1. The molecule has 2 N–H and O–H groups in total. The highest BCUT2D eigenvalue weighted by Gasteiger charge is 2.21. The molecule has 0 radical (unpaired) electrons.